The highest BCUT2D eigenvalue weighted by Gasteiger charge is 2.31. The SMILES string of the molecule is O=S(=O)([N-]c1ccc(Cc2cc[nH+]cc2)cc1)c1ccc(OC(F)(F)F)cc1. The van der Waals surface area contributed by atoms with E-state index in [4.69, 9.17) is 0 Å². The molecule has 0 saturated carbocycles. The van der Waals surface area contributed by atoms with Crippen LogP contribution >= 0.6 is 0 Å². The Bertz CT molecular complexity index is 1020. The van der Waals surface area contributed by atoms with Gasteiger partial charge in [-0.3, -0.25) is 0 Å². The number of sulfonamides is 1. The van der Waals surface area contributed by atoms with Crippen molar-refractivity contribution in [1.82, 2.24) is 0 Å². The summed E-state index contributed by atoms with van der Waals surface area (Å²) in [5.74, 6) is -0.505. The lowest BCUT2D eigenvalue weighted by Crippen LogP contribution is -2.17. The van der Waals surface area contributed by atoms with Gasteiger partial charge in [0.2, 0.25) is 0 Å². The lowest BCUT2D eigenvalue weighted by atomic mass is 10.1. The van der Waals surface area contributed by atoms with Gasteiger partial charge in [0.1, 0.15) is 15.8 Å². The summed E-state index contributed by atoms with van der Waals surface area (Å²) in [6, 6.07) is 14.4. The minimum atomic E-state index is -4.84. The van der Waals surface area contributed by atoms with Gasteiger partial charge in [0.25, 0.3) is 0 Å². The maximum absolute atomic E-state index is 12.3. The van der Waals surface area contributed by atoms with Crippen LogP contribution < -0.4 is 9.72 Å². The molecule has 0 aliphatic carbocycles. The van der Waals surface area contributed by atoms with Crippen molar-refractivity contribution in [2.24, 2.45) is 0 Å². The molecule has 0 aliphatic heterocycles. The molecule has 0 fully saturated rings. The molecule has 0 saturated heterocycles. The summed E-state index contributed by atoms with van der Waals surface area (Å²) < 4.78 is 68.6. The van der Waals surface area contributed by atoms with E-state index >= 15 is 0 Å². The molecule has 0 unspecified atom stereocenters. The van der Waals surface area contributed by atoms with Gasteiger partial charge >= 0.3 is 6.36 Å². The van der Waals surface area contributed by atoms with Crippen molar-refractivity contribution in [3.05, 3.63) is 88.9 Å². The van der Waals surface area contributed by atoms with Crippen molar-refractivity contribution in [1.29, 1.82) is 0 Å². The highest BCUT2D eigenvalue weighted by Crippen LogP contribution is 2.30. The lowest BCUT2D eigenvalue weighted by molar-refractivity contribution is -0.378. The first-order valence-corrected chi connectivity index (χ1v) is 9.53. The largest absolute Gasteiger partial charge is 0.573 e. The van der Waals surface area contributed by atoms with Crippen LogP contribution in [0.4, 0.5) is 18.9 Å². The van der Waals surface area contributed by atoms with Crippen LogP contribution in [0.15, 0.2) is 78.0 Å². The number of H-pyrrole nitrogens is 1. The van der Waals surface area contributed by atoms with Gasteiger partial charge in [0, 0.05) is 12.1 Å². The molecular formula is C19H15F3N2O3S. The van der Waals surface area contributed by atoms with Gasteiger partial charge in [-0.15, -0.1) is 18.9 Å². The normalized spacial score (nSPS) is 11.8. The van der Waals surface area contributed by atoms with Gasteiger partial charge in [-0.1, -0.05) is 24.3 Å². The lowest BCUT2D eigenvalue weighted by Gasteiger charge is -2.22. The van der Waals surface area contributed by atoms with Crippen LogP contribution in [0.1, 0.15) is 11.1 Å². The fourth-order valence-electron chi connectivity index (χ4n) is 2.45. The van der Waals surface area contributed by atoms with E-state index in [2.05, 4.69) is 14.4 Å². The minimum absolute atomic E-state index is 0.223. The van der Waals surface area contributed by atoms with Crippen LogP contribution in [0.25, 0.3) is 4.72 Å². The quantitative estimate of drug-likeness (QED) is 0.608. The van der Waals surface area contributed by atoms with Crippen LogP contribution in [0.2, 0.25) is 0 Å². The number of nitrogens with one attached hydrogen (secondary N) is 1. The van der Waals surface area contributed by atoms with Crippen molar-refractivity contribution in [3.63, 3.8) is 0 Å². The zero-order valence-corrected chi connectivity index (χ0v) is 15.2. The van der Waals surface area contributed by atoms with Gasteiger partial charge in [0.15, 0.2) is 12.4 Å². The third kappa shape index (κ3) is 5.46. The number of ether oxygens (including phenoxy) is 1. The molecule has 0 bridgehead atoms. The molecule has 3 rings (SSSR count). The molecule has 1 N–H and O–H groups in total. The van der Waals surface area contributed by atoms with Crippen molar-refractivity contribution < 1.29 is 31.3 Å². The number of aromatic nitrogens is 1. The van der Waals surface area contributed by atoms with Crippen LogP contribution in [0.5, 0.6) is 5.75 Å². The molecule has 0 spiro atoms. The van der Waals surface area contributed by atoms with Crippen molar-refractivity contribution in [2.45, 2.75) is 17.7 Å². The summed E-state index contributed by atoms with van der Waals surface area (Å²) in [6.45, 7) is 0. The highest BCUT2D eigenvalue weighted by atomic mass is 32.2. The molecule has 2 aromatic carbocycles. The summed E-state index contributed by atoms with van der Waals surface area (Å²) >= 11 is 0. The van der Waals surface area contributed by atoms with Gasteiger partial charge in [0.05, 0.1) is 4.90 Å². The molecule has 1 heterocycles. The topological polar surface area (TPSA) is 71.6 Å². The second kappa shape index (κ2) is 7.89. The van der Waals surface area contributed by atoms with Gasteiger partial charge < -0.3 is 9.46 Å². The number of hydrogen-bond acceptors (Lipinski definition) is 3. The Kier molecular flexibility index (Phi) is 5.55. The Morgan fingerprint density at radius 3 is 2.00 bits per heavy atom. The smallest absolute Gasteiger partial charge is 0.573 e. The number of alkyl halides is 3. The van der Waals surface area contributed by atoms with Gasteiger partial charge in [-0.05, 0) is 41.8 Å². The van der Waals surface area contributed by atoms with E-state index in [1.165, 1.54) is 0 Å². The predicted octanol–water partition coefficient (Wildman–Crippen LogP) is 4.38. The number of benzene rings is 2. The molecular weight excluding hydrogens is 393 g/mol. The standard InChI is InChI=1S/C19H14F3N2O3S/c20-19(21,22)27-17-5-7-18(8-6-17)28(25,26)24-16-3-1-14(2-4-16)13-15-9-11-23-12-10-15/h1-12H,13H2/q-1/p+1. The molecule has 0 atom stereocenters. The number of hydrogen-bond donors (Lipinski definition) is 0. The second-order valence-corrected chi connectivity index (χ2v) is 7.44. The first kappa shape index (κ1) is 19.7. The van der Waals surface area contributed by atoms with Crippen LogP contribution in [-0.4, -0.2) is 14.8 Å². The molecule has 146 valence electrons. The Morgan fingerprint density at radius 2 is 1.43 bits per heavy atom. The Balaban J connectivity index is 1.68. The molecule has 9 heteroatoms. The molecule has 1 aromatic heterocycles. The second-order valence-electron chi connectivity index (χ2n) is 5.84. The maximum atomic E-state index is 12.3. The number of halogens is 3. The number of rotatable bonds is 6. The van der Waals surface area contributed by atoms with E-state index < -0.39 is 22.1 Å². The van der Waals surface area contributed by atoms with Crippen LogP contribution in [0.3, 0.4) is 0 Å². The summed E-state index contributed by atoms with van der Waals surface area (Å²) in [4.78, 5) is 2.71. The summed E-state index contributed by atoms with van der Waals surface area (Å²) in [6.07, 6.45) is -0.528. The van der Waals surface area contributed by atoms with Crippen molar-refractivity contribution in [2.75, 3.05) is 0 Å². The third-order valence-corrected chi connectivity index (χ3v) is 5.03. The molecule has 0 aliphatic rings. The average molecular weight is 408 g/mol. The van der Waals surface area contributed by atoms with E-state index in [0.717, 1.165) is 35.4 Å². The number of nitrogens with zero attached hydrogens (tertiary/aromatic N) is 1. The first-order chi connectivity index (χ1) is 13.2. The highest BCUT2D eigenvalue weighted by molar-refractivity contribution is 7.94. The van der Waals surface area contributed by atoms with Crippen LogP contribution in [0, 0.1) is 0 Å². The van der Waals surface area contributed by atoms with Gasteiger partial charge in [-0.25, -0.2) is 13.4 Å². The van der Waals surface area contributed by atoms with E-state index in [1.54, 1.807) is 24.3 Å². The van der Waals surface area contributed by atoms with Crippen molar-refractivity contribution >= 4 is 15.7 Å². The predicted molar refractivity (Wildman–Crippen MR) is 95.6 cm³/mol. The zero-order chi connectivity index (χ0) is 20.2. The molecule has 28 heavy (non-hydrogen) atoms. The fourth-order valence-corrected chi connectivity index (χ4v) is 3.44. The van der Waals surface area contributed by atoms with E-state index in [-0.39, 0.29) is 10.6 Å². The molecule has 0 amide bonds. The molecule has 5 nitrogen and oxygen atoms in total. The average Bonchev–Trinajstić information content (AvgIpc) is 2.63. The summed E-state index contributed by atoms with van der Waals surface area (Å²) in [7, 11) is -4.06. The third-order valence-electron chi connectivity index (χ3n) is 3.71. The van der Waals surface area contributed by atoms with E-state index in [0.29, 0.717) is 6.42 Å². The summed E-state index contributed by atoms with van der Waals surface area (Å²) in [5, 5.41) is 0. The fraction of sp³-hybridized carbons (Fsp3) is 0.105. The van der Waals surface area contributed by atoms with Crippen LogP contribution in [-0.2, 0) is 16.4 Å². The number of pyridine rings is 1. The van der Waals surface area contributed by atoms with Crippen molar-refractivity contribution in [3.8, 4) is 5.75 Å². The number of aromatic amines is 1. The first-order valence-electron chi connectivity index (χ1n) is 8.09. The Labute approximate surface area is 159 Å². The molecule has 0 radical (unpaired) electrons. The summed E-state index contributed by atoms with van der Waals surface area (Å²) in [5.41, 5.74) is 2.30. The Morgan fingerprint density at radius 1 is 0.857 bits per heavy atom. The van der Waals surface area contributed by atoms with E-state index in [1.807, 2.05) is 24.5 Å². The minimum Gasteiger partial charge on any atom is -0.573 e. The van der Waals surface area contributed by atoms with E-state index in [9.17, 15) is 21.6 Å². The maximum Gasteiger partial charge on any atom is 0.573 e. The Hall–Kier alpha value is -3.07. The van der Waals surface area contributed by atoms with Gasteiger partial charge in [-0.2, -0.15) is 0 Å². The monoisotopic (exact) mass is 408 g/mol. The molecule has 3 aromatic rings. The zero-order valence-electron chi connectivity index (χ0n) is 14.3.